The van der Waals surface area contributed by atoms with E-state index in [1.54, 1.807) is 7.11 Å². The van der Waals surface area contributed by atoms with Gasteiger partial charge in [0.15, 0.2) is 0 Å². The van der Waals surface area contributed by atoms with Crippen molar-refractivity contribution >= 4 is 0 Å². The zero-order valence-corrected chi connectivity index (χ0v) is 14.8. The highest BCUT2D eigenvalue weighted by molar-refractivity contribution is 5.48. The molecular formula is C20H26FNO2. The molecule has 1 aliphatic heterocycles. The summed E-state index contributed by atoms with van der Waals surface area (Å²) in [6, 6.07) is 6.80. The van der Waals surface area contributed by atoms with Crippen LogP contribution in [0.5, 0.6) is 0 Å². The summed E-state index contributed by atoms with van der Waals surface area (Å²) < 4.78 is 26.6. The maximum atomic E-state index is 13.4. The molecule has 0 amide bonds. The molecule has 0 aliphatic carbocycles. The van der Waals surface area contributed by atoms with Gasteiger partial charge in [-0.25, -0.2) is 4.39 Å². The summed E-state index contributed by atoms with van der Waals surface area (Å²) >= 11 is 0. The fraction of sp³-hybridized carbons (Fsp3) is 0.500. The van der Waals surface area contributed by atoms with Gasteiger partial charge in [-0.3, -0.25) is 0 Å². The van der Waals surface area contributed by atoms with Gasteiger partial charge in [0.25, 0.3) is 0 Å². The maximum absolute atomic E-state index is 13.4. The summed E-state index contributed by atoms with van der Waals surface area (Å²) in [6.45, 7) is 6.66. The highest BCUT2D eigenvalue weighted by Crippen LogP contribution is 2.36. The number of halogens is 1. The predicted molar refractivity (Wildman–Crippen MR) is 93.6 cm³/mol. The quantitative estimate of drug-likeness (QED) is 0.815. The molecule has 1 aliphatic rings. The Morgan fingerprint density at radius 3 is 2.46 bits per heavy atom. The largest absolute Gasteiger partial charge is 0.384 e. The number of hydrogen-bond acceptors (Lipinski definition) is 2. The van der Waals surface area contributed by atoms with Crippen molar-refractivity contribution < 1.29 is 13.9 Å². The van der Waals surface area contributed by atoms with Crippen LogP contribution < -0.4 is 0 Å². The number of ether oxygens (including phenoxy) is 2. The highest BCUT2D eigenvalue weighted by atomic mass is 19.1. The fourth-order valence-corrected chi connectivity index (χ4v) is 3.74. The Morgan fingerprint density at radius 2 is 1.83 bits per heavy atom. The van der Waals surface area contributed by atoms with E-state index in [4.69, 9.17) is 9.47 Å². The average Bonchev–Trinajstić information content (AvgIpc) is 2.86. The van der Waals surface area contributed by atoms with Crippen molar-refractivity contribution in [2.24, 2.45) is 0 Å². The van der Waals surface area contributed by atoms with Crippen LogP contribution >= 0.6 is 0 Å². The molecular weight excluding hydrogens is 305 g/mol. The van der Waals surface area contributed by atoms with Crippen molar-refractivity contribution in [3.8, 4) is 5.69 Å². The third-order valence-electron chi connectivity index (χ3n) is 5.13. The molecule has 1 aromatic carbocycles. The summed E-state index contributed by atoms with van der Waals surface area (Å²) in [4.78, 5) is 0. The van der Waals surface area contributed by atoms with Gasteiger partial charge in [-0.2, -0.15) is 0 Å². The minimum absolute atomic E-state index is 0.201. The number of hydrogen-bond donors (Lipinski definition) is 0. The van der Waals surface area contributed by atoms with E-state index >= 15 is 0 Å². The Morgan fingerprint density at radius 1 is 1.17 bits per heavy atom. The van der Waals surface area contributed by atoms with Gasteiger partial charge in [-0.1, -0.05) is 0 Å². The molecule has 24 heavy (non-hydrogen) atoms. The van der Waals surface area contributed by atoms with Crippen LogP contribution in [0.3, 0.4) is 0 Å². The number of benzene rings is 1. The van der Waals surface area contributed by atoms with Crippen LogP contribution in [0.1, 0.15) is 41.3 Å². The number of methoxy groups -OCH3 is 1. The van der Waals surface area contributed by atoms with Gasteiger partial charge in [0.2, 0.25) is 0 Å². The lowest BCUT2D eigenvalue weighted by Gasteiger charge is -2.26. The zero-order valence-electron chi connectivity index (χ0n) is 14.8. The second kappa shape index (κ2) is 7.49. The Labute approximate surface area is 143 Å². The summed E-state index contributed by atoms with van der Waals surface area (Å²) in [5.74, 6) is 0.274. The summed E-state index contributed by atoms with van der Waals surface area (Å²) in [7, 11) is 1.74. The number of nitrogens with zero attached hydrogens (tertiary/aromatic N) is 1. The van der Waals surface area contributed by atoms with Crippen molar-refractivity contribution in [2.45, 2.75) is 39.0 Å². The van der Waals surface area contributed by atoms with E-state index < -0.39 is 0 Å². The first-order valence-electron chi connectivity index (χ1n) is 8.66. The van der Waals surface area contributed by atoms with Gasteiger partial charge in [-0.15, -0.1) is 0 Å². The van der Waals surface area contributed by atoms with E-state index in [-0.39, 0.29) is 5.82 Å². The molecule has 0 radical (unpaired) electrons. The Kier molecular flexibility index (Phi) is 5.36. The van der Waals surface area contributed by atoms with Gasteiger partial charge < -0.3 is 14.0 Å². The van der Waals surface area contributed by atoms with E-state index in [0.29, 0.717) is 12.5 Å². The van der Waals surface area contributed by atoms with Crippen LogP contribution in [0.2, 0.25) is 0 Å². The van der Waals surface area contributed by atoms with Crippen molar-refractivity contribution in [1.82, 2.24) is 4.57 Å². The second-order valence-electron chi connectivity index (χ2n) is 6.52. The van der Waals surface area contributed by atoms with E-state index in [2.05, 4.69) is 18.4 Å². The molecule has 2 heterocycles. The summed E-state index contributed by atoms with van der Waals surface area (Å²) in [5.41, 5.74) is 6.32. The SMILES string of the molecule is COCCc1c(C)c(C)n(-c2ccc(F)cc2)c1C1CCOCC1. The number of aromatic nitrogens is 1. The standard InChI is InChI=1S/C20H26FNO2/c1-14-15(2)22(18-6-4-17(21)5-7-18)20(19(14)10-11-23-3)16-8-12-24-13-9-16/h4-7,16H,8-13H2,1-3H3. The van der Waals surface area contributed by atoms with Gasteiger partial charge in [0.1, 0.15) is 5.82 Å². The lowest BCUT2D eigenvalue weighted by atomic mass is 9.91. The van der Waals surface area contributed by atoms with Crippen LogP contribution in [-0.2, 0) is 15.9 Å². The topological polar surface area (TPSA) is 23.4 Å². The van der Waals surface area contributed by atoms with Crippen LogP contribution in [0, 0.1) is 19.7 Å². The Hall–Kier alpha value is -1.65. The van der Waals surface area contributed by atoms with Crippen LogP contribution in [0.4, 0.5) is 4.39 Å². The molecule has 1 saturated heterocycles. The predicted octanol–water partition coefficient (Wildman–Crippen LogP) is 4.32. The molecule has 0 N–H and O–H groups in total. The first-order valence-corrected chi connectivity index (χ1v) is 8.66. The molecule has 0 bridgehead atoms. The van der Waals surface area contributed by atoms with Crippen molar-refractivity contribution in [3.05, 3.63) is 52.6 Å². The molecule has 0 unspecified atom stereocenters. The summed E-state index contributed by atoms with van der Waals surface area (Å²) in [6.07, 6.45) is 2.97. The van der Waals surface area contributed by atoms with Crippen molar-refractivity contribution in [2.75, 3.05) is 26.9 Å². The van der Waals surface area contributed by atoms with E-state index in [9.17, 15) is 4.39 Å². The van der Waals surface area contributed by atoms with Crippen molar-refractivity contribution in [1.29, 1.82) is 0 Å². The fourth-order valence-electron chi connectivity index (χ4n) is 3.74. The maximum Gasteiger partial charge on any atom is 0.123 e. The molecule has 4 heteroatoms. The minimum atomic E-state index is -0.201. The molecule has 1 aromatic heterocycles. The average molecular weight is 331 g/mol. The third kappa shape index (κ3) is 3.26. The molecule has 2 aromatic rings. The molecule has 0 atom stereocenters. The van der Waals surface area contributed by atoms with Crippen LogP contribution in [0.25, 0.3) is 5.69 Å². The van der Waals surface area contributed by atoms with Crippen molar-refractivity contribution in [3.63, 3.8) is 0 Å². The minimum Gasteiger partial charge on any atom is -0.384 e. The van der Waals surface area contributed by atoms with E-state index in [1.807, 2.05) is 12.1 Å². The van der Waals surface area contributed by atoms with Gasteiger partial charge in [0.05, 0.1) is 6.61 Å². The van der Waals surface area contributed by atoms with E-state index in [1.165, 1.54) is 34.6 Å². The second-order valence-corrected chi connectivity index (χ2v) is 6.52. The highest BCUT2D eigenvalue weighted by Gasteiger charge is 2.26. The first kappa shape index (κ1) is 17.2. The number of rotatable bonds is 5. The van der Waals surface area contributed by atoms with Gasteiger partial charge in [-0.05, 0) is 68.5 Å². The van der Waals surface area contributed by atoms with Gasteiger partial charge in [0, 0.05) is 43.3 Å². The third-order valence-corrected chi connectivity index (χ3v) is 5.13. The Balaban J connectivity index is 2.13. The zero-order chi connectivity index (χ0) is 17.1. The molecule has 0 spiro atoms. The smallest absolute Gasteiger partial charge is 0.123 e. The lowest BCUT2D eigenvalue weighted by Crippen LogP contribution is -2.18. The molecule has 1 fully saturated rings. The van der Waals surface area contributed by atoms with Crippen LogP contribution in [0.15, 0.2) is 24.3 Å². The van der Waals surface area contributed by atoms with E-state index in [0.717, 1.165) is 38.2 Å². The molecule has 3 nitrogen and oxygen atoms in total. The van der Waals surface area contributed by atoms with Gasteiger partial charge >= 0.3 is 0 Å². The van der Waals surface area contributed by atoms with Crippen LogP contribution in [-0.4, -0.2) is 31.5 Å². The molecule has 130 valence electrons. The Bertz CT molecular complexity index is 685. The molecule has 0 saturated carbocycles. The summed E-state index contributed by atoms with van der Waals surface area (Å²) in [5, 5.41) is 0. The molecule has 3 rings (SSSR count). The lowest BCUT2D eigenvalue weighted by molar-refractivity contribution is 0.0839. The first-order chi connectivity index (χ1) is 11.6. The normalized spacial score (nSPS) is 15.8. The monoisotopic (exact) mass is 331 g/mol.